The predicted octanol–water partition coefficient (Wildman–Crippen LogP) is 5.16. The fraction of sp³-hybridized carbons (Fsp3) is 0.536. The van der Waals surface area contributed by atoms with Gasteiger partial charge in [0.1, 0.15) is 5.75 Å². The first kappa shape index (κ1) is 28.9. The molecule has 0 atom stereocenters. The number of carboxylic acids is 1. The van der Waals surface area contributed by atoms with E-state index in [4.69, 9.17) is 20.4 Å². The second-order valence-electron chi connectivity index (χ2n) is 9.75. The van der Waals surface area contributed by atoms with Crippen LogP contribution >= 0.6 is 0 Å². The van der Waals surface area contributed by atoms with Gasteiger partial charge in [0, 0.05) is 19.1 Å². The quantitative estimate of drug-likeness (QED) is 0.467. The Morgan fingerprint density at radius 2 is 1.59 bits per heavy atom. The van der Waals surface area contributed by atoms with Crippen LogP contribution in [-0.4, -0.2) is 72.4 Å². The van der Waals surface area contributed by atoms with E-state index in [0.29, 0.717) is 6.04 Å². The fourth-order valence-corrected chi connectivity index (χ4v) is 4.62. The first-order valence-electron chi connectivity index (χ1n) is 13.0. The molecule has 0 aromatic heterocycles. The Morgan fingerprint density at radius 1 is 0.946 bits per heavy atom. The minimum absolute atomic E-state index is 0.387. The van der Waals surface area contributed by atoms with E-state index < -0.39 is 12.1 Å². The van der Waals surface area contributed by atoms with Crippen LogP contribution in [0.15, 0.2) is 48.5 Å². The highest BCUT2D eigenvalue weighted by Gasteiger charge is 2.38. The third kappa shape index (κ3) is 10.3. The van der Waals surface area contributed by atoms with E-state index in [2.05, 4.69) is 58.3 Å². The third-order valence-electron chi connectivity index (χ3n) is 6.73. The first-order chi connectivity index (χ1) is 17.7. The molecule has 2 aliphatic heterocycles. The Labute approximate surface area is 217 Å². The average Bonchev–Trinajstić information content (AvgIpc) is 2.89. The molecule has 2 fully saturated rings. The zero-order chi connectivity index (χ0) is 26.7. The number of carboxylic acid groups (broad SMARTS) is 1. The molecule has 4 rings (SSSR count). The van der Waals surface area contributed by atoms with Crippen molar-refractivity contribution in [1.82, 2.24) is 9.80 Å². The zero-order valence-corrected chi connectivity index (χ0v) is 21.3. The van der Waals surface area contributed by atoms with Crippen molar-refractivity contribution in [3.8, 4) is 16.9 Å². The number of aliphatic carboxylic acids is 1. The molecule has 6 nitrogen and oxygen atoms in total. The molecule has 9 heteroatoms. The summed E-state index contributed by atoms with van der Waals surface area (Å²) < 4.78 is 37.7. The van der Waals surface area contributed by atoms with Gasteiger partial charge in [-0.1, -0.05) is 36.8 Å². The summed E-state index contributed by atoms with van der Waals surface area (Å²) in [5.41, 5.74) is 9.94. The number of nitrogens with zero attached hydrogens (tertiary/aromatic N) is 2. The van der Waals surface area contributed by atoms with Crippen LogP contribution in [0.25, 0.3) is 11.1 Å². The molecule has 204 valence electrons. The Morgan fingerprint density at radius 3 is 2.22 bits per heavy atom. The van der Waals surface area contributed by atoms with Gasteiger partial charge >= 0.3 is 12.1 Å². The SMILES string of the molecule is NC1CCN(Cc2cccc(-c3ccc(OCCCN4CCCCC4)cc3)c2)CC1.O=C(O)C(F)(F)F. The highest BCUT2D eigenvalue weighted by molar-refractivity contribution is 5.73. The molecule has 2 saturated heterocycles. The van der Waals surface area contributed by atoms with Crippen LogP contribution in [0.4, 0.5) is 13.2 Å². The molecule has 3 N–H and O–H groups in total. The summed E-state index contributed by atoms with van der Waals surface area (Å²) in [7, 11) is 0. The lowest BCUT2D eigenvalue weighted by molar-refractivity contribution is -0.192. The first-order valence-corrected chi connectivity index (χ1v) is 13.0. The highest BCUT2D eigenvalue weighted by atomic mass is 19.4. The number of ether oxygens (including phenoxy) is 1. The van der Waals surface area contributed by atoms with Crippen molar-refractivity contribution < 1.29 is 27.8 Å². The normalized spacial score (nSPS) is 17.6. The summed E-state index contributed by atoms with van der Waals surface area (Å²) in [6.07, 6.45) is 2.35. The summed E-state index contributed by atoms with van der Waals surface area (Å²) >= 11 is 0. The molecule has 0 bridgehead atoms. The topological polar surface area (TPSA) is 79.0 Å². The highest BCUT2D eigenvalue weighted by Crippen LogP contribution is 2.24. The Balaban J connectivity index is 0.000000479. The summed E-state index contributed by atoms with van der Waals surface area (Å²) in [6.45, 7) is 7.71. The number of carbonyl (C=O) groups is 1. The molecule has 0 unspecified atom stereocenters. The zero-order valence-electron chi connectivity index (χ0n) is 21.3. The number of hydrogen-bond donors (Lipinski definition) is 2. The van der Waals surface area contributed by atoms with Crippen molar-refractivity contribution >= 4 is 5.97 Å². The number of benzene rings is 2. The van der Waals surface area contributed by atoms with Crippen molar-refractivity contribution in [2.45, 2.75) is 57.3 Å². The fourth-order valence-electron chi connectivity index (χ4n) is 4.62. The number of halogens is 3. The van der Waals surface area contributed by atoms with Gasteiger partial charge in [0.05, 0.1) is 6.61 Å². The molecule has 0 amide bonds. The van der Waals surface area contributed by atoms with Crippen LogP contribution < -0.4 is 10.5 Å². The molecule has 0 spiro atoms. The number of nitrogens with two attached hydrogens (primary N) is 1. The van der Waals surface area contributed by atoms with Crippen molar-refractivity contribution in [1.29, 1.82) is 0 Å². The van der Waals surface area contributed by atoms with Crippen LogP contribution in [0.1, 0.15) is 44.1 Å². The molecule has 2 aliphatic rings. The van der Waals surface area contributed by atoms with Crippen molar-refractivity contribution in [3.05, 3.63) is 54.1 Å². The van der Waals surface area contributed by atoms with Gasteiger partial charge in [-0.25, -0.2) is 4.79 Å². The van der Waals surface area contributed by atoms with E-state index in [1.54, 1.807) is 0 Å². The van der Waals surface area contributed by atoms with Gasteiger partial charge in [-0.3, -0.25) is 4.90 Å². The smallest absolute Gasteiger partial charge is 0.490 e. The lowest BCUT2D eigenvalue weighted by Crippen LogP contribution is -2.39. The molecular formula is C28H38F3N3O3. The maximum Gasteiger partial charge on any atom is 0.490 e. The molecule has 2 aromatic carbocycles. The predicted molar refractivity (Wildman–Crippen MR) is 138 cm³/mol. The number of rotatable bonds is 8. The van der Waals surface area contributed by atoms with Gasteiger partial charge in [0.15, 0.2) is 0 Å². The molecule has 2 heterocycles. The molecule has 0 saturated carbocycles. The van der Waals surface area contributed by atoms with Gasteiger partial charge in [-0.2, -0.15) is 13.2 Å². The largest absolute Gasteiger partial charge is 0.494 e. The molecular weight excluding hydrogens is 483 g/mol. The van der Waals surface area contributed by atoms with Gasteiger partial charge < -0.3 is 20.5 Å². The van der Waals surface area contributed by atoms with Crippen molar-refractivity contribution in [2.75, 3.05) is 39.3 Å². The minimum Gasteiger partial charge on any atom is -0.494 e. The lowest BCUT2D eigenvalue weighted by atomic mass is 10.0. The standard InChI is InChI=1S/C26H37N3O.C2HF3O2/c27-25-12-17-29(18-13-25)21-22-6-4-7-24(20-22)23-8-10-26(11-9-23)30-19-5-16-28-14-2-1-3-15-28;3-2(4,5)1(6)7/h4,6-11,20,25H,1-3,5,12-19,21,27H2;(H,6,7). The molecule has 0 aliphatic carbocycles. The molecule has 2 aromatic rings. The second kappa shape index (κ2) is 14.4. The molecule has 37 heavy (non-hydrogen) atoms. The summed E-state index contributed by atoms with van der Waals surface area (Å²) in [5, 5.41) is 7.12. The van der Waals surface area contributed by atoms with Crippen LogP contribution in [-0.2, 0) is 11.3 Å². The molecule has 0 radical (unpaired) electrons. The maximum atomic E-state index is 10.6. The van der Waals surface area contributed by atoms with E-state index in [9.17, 15) is 13.2 Å². The van der Waals surface area contributed by atoms with E-state index in [1.807, 2.05) is 0 Å². The van der Waals surface area contributed by atoms with E-state index in [1.165, 1.54) is 49.0 Å². The minimum atomic E-state index is -5.08. The Kier molecular flexibility index (Phi) is 11.2. The summed E-state index contributed by atoms with van der Waals surface area (Å²) in [4.78, 5) is 14.0. The van der Waals surface area contributed by atoms with Gasteiger partial charge in [0.25, 0.3) is 0 Å². The van der Waals surface area contributed by atoms with Crippen LogP contribution in [0.2, 0.25) is 0 Å². The summed E-state index contributed by atoms with van der Waals surface area (Å²) in [5.74, 6) is -1.79. The van der Waals surface area contributed by atoms with Crippen LogP contribution in [0.5, 0.6) is 5.75 Å². The monoisotopic (exact) mass is 521 g/mol. The Bertz CT molecular complexity index is 955. The Hall–Kier alpha value is -2.62. The van der Waals surface area contributed by atoms with Crippen molar-refractivity contribution in [2.24, 2.45) is 5.73 Å². The lowest BCUT2D eigenvalue weighted by Gasteiger charge is -2.30. The number of piperidine rings is 2. The van der Waals surface area contributed by atoms with E-state index in [0.717, 1.165) is 57.8 Å². The number of alkyl halides is 3. The van der Waals surface area contributed by atoms with Crippen LogP contribution in [0, 0.1) is 0 Å². The number of likely N-dealkylation sites (tertiary alicyclic amines) is 2. The number of hydrogen-bond acceptors (Lipinski definition) is 5. The van der Waals surface area contributed by atoms with Gasteiger partial charge in [-0.15, -0.1) is 0 Å². The average molecular weight is 522 g/mol. The van der Waals surface area contributed by atoms with E-state index in [-0.39, 0.29) is 0 Å². The van der Waals surface area contributed by atoms with Gasteiger partial charge in [-0.05, 0) is 93.2 Å². The van der Waals surface area contributed by atoms with Gasteiger partial charge in [0.2, 0.25) is 0 Å². The maximum absolute atomic E-state index is 10.6. The van der Waals surface area contributed by atoms with Crippen molar-refractivity contribution in [3.63, 3.8) is 0 Å². The third-order valence-corrected chi connectivity index (χ3v) is 6.73. The second-order valence-corrected chi connectivity index (χ2v) is 9.75. The van der Waals surface area contributed by atoms with E-state index >= 15 is 0 Å². The summed E-state index contributed by atoms with van der Waals surface area (Å²) in [6, 6.07) is 17.9. The van der Waals surface area contributed by atoms with Crippen LogP contribution in [0.3, 0.4) is 0 Å².